The second-order valence-corrected chi connectivity index (χ2v) is 16.8. The summed E-state index contributed by atoms with van der Waals surface area (Å²) in [6.45, 7) is -3.56. The Labute approximate surface area is 57.5 Å². The summed E-state index contributed by atoms with van der Waals surface area (Å²) in [4.78, 5) is 0. The van der Waals surface area contributed by atoms with Gasteiger partial charge in [0.25, 0.3) is 0 Å². The van der Waals surface area contributed by atoms with Crippen LogP contribution < -0.4 is 0 Å². The van der Waals surface area contributed by atoms with Crippen molar-refractivity contribution in [3.05, 3.63) is 0 Å². The molecule has 0 amide bonds. The average molecular weight is 236 g/mol. The van der Waals surface area contributed by atoms with Crippen LogP contribution in [0.25, 0.3) is 0 Å². The van der Waals surface area contributed by atoms with E-state index in [9.17, 15) is 0 Å². The predicted octanol–water partition coefficient (Wildman–Crippen LogP) is 3.44. The summed E-state index contributed by atoms with van der Waals surface area (Å²) in [5.74, 6) is 0. The molecule has 0 unspecified atom stereocenters. The van der Waals surface area contributed by atoms with Gasteiger partial charge in [-0.2, -0.15) is 0 Å². The van der Waals surface area contributed by atoms with Gasteiger partial charge in [-0.1, -0.05) is 0 Å². The van der Waals surface area contributed by atoms with E-state index in [0.717, 1.165) is 0 Å². The summed E-state index contributed by atoms with van der Waals surface area (Å²) in [6.07, 6.45) is 0. The maximum atomic E-state index is 4.96. The molecule has 0 atom stereocenters. The van der Waals surface area contributed by atoms with Gasteiger partial charge in [0.2, 0.25) is 0 Å². The van der Waals surface area contributed by atoms with E-state index >= 15 is 0 Å². The van der Waals surface area contributed by atoms with E-state index in [2.05, 4.69) is 0 Å². The standard InChI is InChI=1S/5ClH.Ni/h5*1H;/q;;;;;+5/p-5. The molecule has 0 aromatic carbocycles. The first-order chi connectivity index (χ1) is 2.24. The van der Waals surface area contributed by atoms with E-state index in [1.54, 1.807) is 0 Å². The molecular formula is Cl5Ni. The van der Waals surface area contributed by atoms with Crippen molar-refractivity contribution in [3.63, 3.8) is 0 Å². The Kier molecular flexibility index (Phi) is 2.28. The number of hydrogen-bond acceptors (Lipinski definition) is 0. The van der Waals surface area contributed by atoms with Crippen LogP contribution in [-0.4, -0.2) is 0 Å². The first kappa shape index (κ1) is 7.94. The molecule has 0 heterocycles. The van der Waals surface area contributed by atoms with Crippen LogP contribution in [0.2, 0.25) is 0 Å². The summed E-state index contributed by atoms with van der Waals surface area (Å²) >= 11 is 0. The number of halogens is 5. The van der Waals surface area contributed by atoms with Gasteiger partial charge in [-0.25, -0.2) is 0 Å². The average Bonchev–Trinajstić information content (AvgIpc) is 0.650. The van der Waals surface area contributed by atoms with E-state index in [0.29, 0.717) is 0 Å². The quantitative estimate of drug-likeness (QED) is 0.565. The van der Waals surface area contributed by atoms with Crippen LogP contribution in [0, 0.1) is 0 Å². The zero-order chi connectivity index (χ0) is 5.45. The first-order valence-corrected chi connectivity index (χ1v) is 7.39. The predicted molar refractivity (Wildman–Crippen MR) is 29.3 cm³/mol. The van der Waals surface area contributed by atoms with Crippen LogP contribution in [0.4, 0.5) is 0 Å². The van der Waals surface area contributed by atoms with E-state index in [1.165, 1.54) is 0 Å². The fraction of sp³-hybridized carbons (Fsp3) is 0. The summed E-state index contributed by atoms with van der Waals surface area (Å²) in [5, 5.41) is 0. The maximum absolute atomic E-state index is 4.96. The summed E-state index contributed by atoms with van der Waals surface area (Å²) in [5.41, 5.74) is 0. The van der Waals surface area contributed by atoms with Crippen molar-refractivity contribution >= 4 is 51.0 Å². The van der Waals surface area contributed by atoms with Gasteiger partial charge in [0.05, 0.1) is 0 Å². The van der Waals surface area contributed by atoms with E-state index in [-0.39, 0.29) is 0 Å². The molecule has 0 aromatic rings. The fourth-order valence-electron chi connectivity index (χ4n) is 0. The topological polar surface area (TPSA) is 0 Å². The second-order valence-electron chi connectivity index (χ2n) is 0.452. The third-order valence-corrected chi connectivity index (χ3v) is 0. The Morgan fingerprint density at radius 1 is 0.667 bits per heavy atom. The molecule has 0 rings (SSSR count). The van der Waals surface area contributed by atoms with Gasteiger partial charge in [-0.15, -0.1) is 0 Å². The summed E-state index contributed by atoms with van der Waals surface area (Å²) < 4.78 is 0. The van der Waals surface area contributed by atoms with Crippen LogP contribution in [0.15, 0.2) is 0 Å². The van der Waals surface area contributed by atoms with E-state index in [1.807, 2.05) is 0 Å². The van der Waals surface area contributed by atoms with Crippen LogP contribution in [-0.2, 0) is 6.90 Å². The molecule has 0 spiro atoms. The van der Waals surface area contributed by atoms with Crippen molar-refractivity contribution in [2.45, 2.75) is 0 Å². The fourth-order valence-corrected chi connectivity index (χ4v) is 0. The van der Waals surface area contributed by atoms with Gasteiger partial charge < -0.3 is 0 Å². The number of rotatable bonds is 0. The zero-order valence-corrected chi connectivity index (χ0v) is 6.97. The van der Waals surface area contributed by atoms with Crippen LogP contribution in [0.1, 0.15) is 0 Å². The van der Waals surface area contributed by atoms with Crippen LogP contribution in [0.3, 0.4) is 0 Å². The van der Waals surface area contributed by atoms with Crippen molar-refractivity contribution in [2.24, 2.45) is 0 Å². The first-order valence-electron chi connectivity index (χ1n) is 0.598. The zero-order valence-electron chi connectivity index (χ0n) is 2.21. The molecule has 0 fully saturated rings. The Hall–Kier alpha value is 1.94. The van der Waals surface area contributed by atoms with Gasteiger partial charge >= 0.3 is 57.9 Å². The van der Waals surface area contributed by atoms with Crippen molar-refractivity contribution < 1.29 is 6.90 Å². The van der Waals surface area contributed by atoms with Gasteiger partial charge in [-0.05, 0) is 0 Å². The minimum absolute atomic E-state index is 3.56. The molecule has 6 heavy (non-hydrogen) atoms. The molecule has 0 N–H and O–H groups in total. The van der Waals surface area contributed by atoms with E-state index in [4.69, 9.17) is 51.0 Å². The van der Waals surface area contributed by atoms with Gasteiger partial charge in [-0.3, -0.25) is 0 Å². The molecule has 45 valence electrons. The van der Waals surface area contributed by atoms with Crippen LogP contribution in [0.5, 0.6) is 0 Å². The molecular weight excluding hydrogens is 236 g/mol. The molecule has 0 aromatic heterocycles. The van der Waals surface area contributed by atoms with Gasteiger partial charge in [0, 0.05) is 0 Å². The monoisotopic (exact) mass is 233 g/mol. The van der Waals surface area contributed by atoms with Crippen molar-refractivity contribution in [2.75, 3.05) is 0 Å². The Morgan fingerprint density at radius 3 is 0.667 bits per heavy atom. The normalized spacial score (nSPS) is 19.2. The Balaban J connectivity index is 3.73. The molecule has 0 bridgehead atoms. The Bertz CT molecular complexity index is 37.1. The molecule has 0 saturated carbocycles. The van der Waals surface area contributed by atoms with Crippen molar-refractivity contribution in [3.8, 4) is 0 Å². The molecule has 0 nitrogen and oxygen atoms in total. The second kappa shape index (κ2) is 1.72. The SMILES string of the molecule is [Cl][Ni]([Cl])([Cl])([Cl])[Cl]. The molecule has 0 radical (unpaired) electrons. The van der Waals surface area contributed by atoms with Gasteiger partial charge in [0.15, 0.2) is 0 Å². The molecule has 0 aliphatic rings. The molecule has 0 aliphatic carbocycles. The van der Waals surface area contributed by atoms with Gasteiger partial charge in [0.1, 0.15) is 0 Å². The summed E-state index contributed by atoms with van der Waals surface area (Å²) in [7, 11) is 24.8. The molecule has 0 aliphatic heterocycles. The summed E-state index contributed by atoms with van der Waals surface area (Å²) in [6, 6.07) is 0. The van der Waals surface area contributed by atoms with Crippen LogP contribution >= 0.6 is 51.0 Å². The third-order valence-electron chi connectivity index (χ3n) is 0. The number of hydrogen-bond donors (Lipinski definition) is 0. The molecule has 6 heteroatoms. The molecule has 0 saturated heterocycles. The minimum atomic E-state index is -3.56. The van der Waals surface area contributed by atoms with E-state index < -0.39 is 6.90 Å². The van der Waals surface area contributed by atoms with Crippen molar-refractivity contribution in [1.82, 2.24) is 0 Å². The Morgan fingerprint density at radius 2 is 0.667 bits per heavy atom. The van der Waals surface area contributed by atoms with Crippen molar-refractivity contribution in [1.29, 1.82) is 0 Å². The third kappa shape index (κ3) is 38.5.